The molecule has 0 aromatic rings. The van der Waals surface area contributed by atoms with Gasteiger partial charge in [-0.15, -0.1) is 0 Å². The van der Waals surface area contributed by atoms with E-state index in [1.54, 1.807) is 0 Å². The van der Waals surface area contributed by atoms with Crippen LogP contribution in [0.15, 0.2) is 0 Å². The minimum Gasteiger partial charge on any atom is -0.736 e. The van der Waals surface area contributed by atoms with Gasteiger partial charge in [0.15, 0.2) is 30.9 Å². The Kier molecular flexibility index (Phi) is 13.0. The summed E-state index contributed by atoms with van der Waals surface area (Å²) in [6.45, 7) is 0. The van der Waals surface area contributed by atoms with Crippen molar-refractivity contribution in [2.24, 2.45) is 15.4 Å². The van der Waals surface area contributed by atoms with Crippen molar-refractivity contribution < 1.29 is 38.9 Å². The van der Waals surface area contributed by atoms with E-state index in [-0.39, 0.29) is 6.15 Å². The molecule has 0 aliphatic rings. The van der Waals surface area contributed by atoms with Crippen molar-refractivity contribution in [2.75, 3.05) is 0 Å². The summed E-state index contributed by atoms with van der Waals surface area (Å²) in [7, 11) is -13.2. The molecule has 0 spiro atoms. The molecule has 0 unspecified atom stereocenters. The number of hydrogen-bond acceptors (Lipinski definition) is 9. The lowest BCUT2D eigenvalue weighted by Gasteiger charge is -1.90. The van der Waals surface area contributed by atoms with Gasteiger partial charge in [0.2, 0.25) is 0 Å². The second kappa shape index (κ2) is 8.47. The van der Waals surface area contributed by atoms with Crippen molar-refractivity contribution in [3.63, 3.8) is 0 Å². The zero-order valence-electron chi connectivity index (χ0n) is 7.08. The fourth-order valence-corrected chi connectivity index (χ4v) is 0. The molecular weight excluding hydrogens is 296 g/mol. The van der Waals surface area contributed by atoms with E-state index in [0.29, 0.717) is 0 Å². The molecular formula is H6N4O9S3. The van der Waals surface area contributed by atoms with E-state index in [4.69, 9.17) is 38.9 Å². The van der Waals surface area contributed by atoms with Crippen LogP contribution in [0.25, 0.3) is 0 Å². The summed E-state index contributed by atoms with van der Waals surface area (Å²) < 4.78 is 79.7. The molecule has 0 heterocycles. The molecule has 0 aliphatic carbocycles. The Hall–Kier alpha value is -0.680. The van der Waals surface area contributed by atoms with Gasteiger partial charge in [-0.2, -0.15) is 0 Å². The molecule has 0 aromatic heterocycles. The van der Waals surface area contributed by atoms with Gasteiger partial charge in [0.05, 0.1) is 0 Å². The SMILES string of the molecule is NS(=O)(=O)[O-].NS(=O)(=O)[O-].NS(=O)(=O)[O-].[N+3]. The van der Waals surface area contributed by atoms with Crippen LogP contribution < -0.4 is 21.6 Å². The first-order valence-electron chi connectivity index (χ1n) is 2.21. The smallest absolute Gasteiger partial charge is 0.736 e. The number of rotatable bonds is 0. The van der Waals surface area contributed by atoms with Crippen LogP contribution in [0.5, 0.6) is 0 Å². The van der Waals surface area contributed by atoms with Crippen LogP contribution in [0, 0.1) is 0 Å². The summed E-state index contributed by atoms with van der Waals surface area (Å²) in [6.07, 6.45) is 0. The number of hydrogen-bond donors (Lipinski definition) is 3. The highest BCUT2D eigenvalue weighted by Gasteiger charge is 3.00. The Morgan fingerprint density at radius 1 is 0.562 bits per heavy atom. The summed E-state index contributed by atoms with van der Waals surface area (Å²) >= 11 is 0. The lowest BCUT2D eigenvalue weighted by atomic mass is 13.9. The van der Waals surface area contributed by atoms with Gasteiger partial charge < -0.3 is 13.7 Å². The summed E-state index contributed by atoms with van der Waals surface area (Å²) in [4.78, 5) is 0. The average molecular weight is 302 g/mol. The largest absolute Gasteiger partial charge is 3.00 e. The third-order valence-corrected chi connectivity index (χ3v) is 0. The molecule has 0 saturated heterocycles. The van der Waals surface area contributed by atoms with Crippen molar-refractivity contribution in [1.29, 1.82) is 0 Å². The summed E-state index contributed by atoms with van der Waals surface area (Å²) in [5.41, 5.74) is 0. The molecule has 0 rings (SSSR count). The summed E-state index contributed by atoms with van der Waals surface area (Å²) in [5.74, 6) is 0. The normalized spacial score (nSPS) is 10.9. The fourth-order valence-electron chi connectivity index (χ4n) is 0. The Morgan fingerprint density at radius 2 is 0.562 bits per heavy atom. The third kappa shape index (κ3) is 4370. The molecule has 98 valence electrons. The highest BCUT2D eigenvalue weighted by Crippen LogP contribution is 1.50. The topological polar surface area (TPSA) is 280 Å². The lowest BCUT2D eigenvalue weighted by Crippen LogP contribution is -2.08. The number of nitrogens with zero attached hydrogens (tertiary/aromatic N) is 1. The first-order chi connectivity index (χ1) is 6.00. The first kappa shape index (κ1) is 24.5. The van der Waals surface area contributed by atoms with E-state index in [9.17, 15) is 0 Å². The molecule has 0 atom stereocenters. The zero-order valence-corrected chi connectivity index (χ0v) is 9.53. The van der Waals surface area contributed by atoms with Crippen molar-refractivity contribution in [2.45, 2.75) is 0 Å². The van der Waals surface area contributed by atoms with Crippen LogP contribution in [-0.4, -0.2) is 38.9 Å². The molecule has 16 heteroatoms. The maximum Gasteiger partial charge on any atom is 3.00 e. The second-order valence-corrected chi connectivity index (χ2v) is 4.44. The minimum atomic E-state index is -4.42. The Balaban J connectivity index is -0.0000000655. The molecule has 2 radical (unpaired) electrons. The van der Waals surface area contributed by atoms with Crippen molar-refractivity contribution in [3.8, 4) is 0 Å². The summed E-state index contributed by atoms with van der Waals surface area (Å²) in [5, 5.41) is 11.3. The third-order valence-electron chi connectivity index (χ3n) is 0. The maximum atomic E-state index is 8.85. The van der Waals surface area contributed by atoms with Crippen LogP contribution in [0.4, 0.5) is 0 Å². The van der Waals surface area contributed by atoms with Gasteiger partial charge in [-0.3, -0.25) is 0 Å². The van der Waals surface area contributed by atoms with Crippen LogP contribution in [0.2, 0.25) is 0 Å². The van der Waals surface area contributed by atoms with Gasteiger partial charge in [-0.05, 0) is 0 Å². The van der Waals surface area contributed by atoms with E-state index in [1.165, 1.54) is 0 Å². The predicted octanol–water partition coefficient (Wildman–Crippen LogP) is -5.26. The van der Waals surface area contributed by atoms with Crippen LogP contribution >= 0.6 is 0 Å². The Bertz CT molecular complexity index is 344. The van der Waals surface area contributed by atoms with E-state index < -0.39 is 30.9 Å². The molecule has 0 bridgehead atoms. The monoisotopic (exact) mass is 302 g/mol. The van der Waals surface area contributed by atoms with E-state index in [2.05, 4.69) is 15.4 Å². The highest BCUT2D eigenvalue weighted by molar-refractivity contribution is 7.83. The maximum absolute atomic E-state index is 8.85. The van der Waals surface area contributed by atoms with Crippen LogP contribution in [-0.2, 0) is 30.9 Å². The van der Waals surface area contributed by atoms with Crippen molar-refractivity contribution in [1.82, 2.24) is 6.15 Å². The van der Waals surface area contributed by atoms with Gasteiger partial charge in [0.25, 0.3) is 0 Å². The predicted molar refractivity (Wildman–Crippen MR) is 43.8 cm³/mol. The molecule has 6 N–H and O–H groups in total. The van der Waals surface area contributed by atoms with E-state index in [0.717, 1.165) is 0 Å². The second-order valence-electron chi connectivity index (χ2n) is 1.48. The minimum absolute atomic E-state index is 0. The van der Waals surface area contributed by atoms with Crippen LogP contribution in [0.3, 0.4) is 0 Å². The molecule has 0 amide bonds. The zero-order chi connectivity index (χ0) is 13.5. The lowest BCUT2D eigenvalue weighted by molar-refractivity contribution is 0.462. The van der Waals surface area contributed by atoms with Crippen LogP contribution in [0.1, 0.15) is 0 Å². The molecule has 16 heavy (non-hydrogen) atoms. The van der Waals surface area contributed by atoms with E-state index >= 15 is 0 Å². The van der Waals surface area contributed by atoms with Gasteiger partial charge >= 0.3 is 6.15 Å². The van der Waals surface area contributed by atoms with Gasteiger partial charge in [0, 0.05) is 0 Å². The first-order valence-corrected chi connectivity index (χ1v) is 6.62. The molecule has 0 saturated carbocycles. The fraction of sp³-hybridized carbons (Fsp3) is 0. The Morgan fingerprint density at radius 3 is 0.562 bits per heavy atom. The van der Waals surface area contributed by atoms with E-state index in [1.807, 2.05) is 0 Å². The van der Waals surface area contributed by atoms with Crippen molar-refractivity contribution >= 4 is 30.9 Å². The van der Waals surface area contributed by atoms with Gasteiger partial charge in [-0.1, -0.05) is 0 Å². The number of nitrogens with two attached hydrogens (primary N) is 3. The molecule has 0 fully saturated rings. The Labute approximate surface area is 91.8 Å². The average Bonchev–Trinajstić information content (AvgIpc) is 1.41. The summed E-state index contributed by atoms with van der Waals surface area (Å²) in [6, 6.07) is 0. The quantitative estimate of drug-likeness (QED) is 0.359. The van der Waals surface area contributed by atoms with Crippen molar-refractivity contribution in [3.05, 3.63) is 0 Å². The van der Waals surface area contributed by atoms with Gasteiger partial charge in [0.1, 0.15) is 0 Å². The molecule has 13 nitrogen and oxygen atoms in total. The standard InChI is InChI=1S/3H3NO3S.N/c3*1-5(2,3)4;/h3*(H3,1,2,3,4);/q;;;+3/p-3. The highest BCUT2D eigenvalue weighted by atomic mass is 32.2. The molecule has 0 aliphatic heterocycles. The molecule has 0 aromatic carbocycles. The van der Waals surface area contributed by atoms with Gasteiger partial charge in [-0.25, -0.2) is 40.7 Å².